The Morgan fingerprint density at radius 3 is 2.38 bits per heavy atom. The van der Waals surface area contributed by atoms with Crippen molar-refractivity contribution in [2.75, 3.05) is 6.54 Å². The number of hydrogen-bond donors (Lipinski definition) is 2. The average Bonchev–Trinajstić information content (AvgIpc) is 1.61. The van der Waals surface area contributed by atoms with E-state index in [1.165, 1.54) is 0 Å². The molecule has 0 amide bonds. The van der Waals surface area contributed by atoms with Crippen molar-refractivity contribution in [1.82, 2.24) is 0 Å². The largest absolute Gasteiger partial charge is 0.388 e. The summed E-state index contributed by atoms with van der Waals surface area (Å²) in [6, 6.07) is 0.119. The second kappa shape index (κ2) is 3.43. The highest BCUT2D eigenvalue weighted by atomic mass is 14.9. The SMILES string of the molecule is CC(N)=NCC(C)N. The van der Waals surface area contributed by atoms with E-state index in [0.717, 1.165) is 0 Å². The summed E-state index contributed by atoms with van der Waals surface area (Å²) < 4.78 is 0. The van der Waals surface area contributed by atoms with E-state index in [9.17, 15) is 0 Å². The second-order valence-electron chi connectivity index (χ2n) is 1.96. The molecule has 1 unspecified atom stereocenters. The lowest BCUT2D eigenvalue weighted by Gasteiger charge is -1.97. The summed E-state index contributed by atoms with van der Waals surface area (Å²) in [5, 5.41) is 0. The van der Waals surface area contributed by atoms with Crippen LogP contribution in [0.2, 0.25) is 0 Å². The fourth-order valence-electron chi connectivity index (χ4n) is 0.288. The van der Waals surface area contributed by atoms with E-state index in [-0.39, 0.29) is 6.04 Å². The number of rotatable bonds is 2. The van der Waals surface area contributed by atoms with E-state index in [1.807, 2.05) is 6.92 Å². The third-order valence-electron chi connectivity index (χ3n) is 0.629. The van der Waals surface area contributed by atoms with Crippen LogP contribution in [0.15, 0.2) is 4.99 Å². The first-order valence-electron chi connectivity index (χ1n) is 2.65. The highest BCUT2D eigenvalue weighted by Crippen LogP contribution is 1.75. The third kappa shape index (κ3) is 5.43. The summed E-state index contributed by atoms with van der Waals surface area (Å²) in [6.07, 6.45) is 0. The Morgan fingerprint density at radius 2 is 2.25 bits per heavy atom. The van der Waals surface area contributed by atoms with Crippen LogP contribution in [0, 0.1) is 0 Å². The van der Waals surface area contributed by atoms with Crippen LogP contribution in [0.5, 0.6) is 0 Å². The molecule has 3 nitrogen and oxygen atoms in total. The van der Waals surface area contributed by atoms with Gasteiger partial charge in [-0.1, -0.05) is 0 Å². The molecule has 0 saturated carbocycles. The number of hydrogen-bond acceptors (Lipinski definition) is 2. The maximum absolute atomic E-state index is 5.38. The lowest BCUT2D eigenvalue weighted by atomic mass is 10.4. The minimum absolute atomic E-state index is 0.119. The van der Waals surface area contributed by atoms with Gasteiger partial charge in [-0.25, -0.2) is 0 Å². The summed E-state index contributed by atoms with van der Waals surface area (Å²) in [5.41, 5.74) is 10.6. The van der Waals surface area contributed by atoms with Crippen LogP contribution in [0.3, 0.4) is 0 Å². The van der Waals surface area contributed by atoms with E-state index in [1.54, 1.807) is 6.92 Å². The van der Waals surface area contributed by atoms with Gasteiger partial charge < -0.3 is 11.5 Å². The van der Waals surface area contributed by atoms with Crippen molar-refractivity contribution in [1.29, 1.82) is 0 Å². The normalized spacial score (nSPS) is 16.1. The molecule has 0 heterocycles. The molecule has 0 bridgehead atoms. The van der Waals surface area contributed by atoms with E-state index >= 15 is 0 Å². The number of amidine groups is 1. The Hall–Kier alpha value is -0.570. The second-order valence-corrected chi connectivity index (χ2v) is 1.96. The van der Waals surface area contributed by atoms with Gasteiger partial charge in [0.25, 0.3) is 0 Å². The van der Waals surface area contributed by atoms with Gasteiger partial charge in [0.1, 0.15) is 0 Å². The van der Waals surface area contributed by atoms with E-state index < -0.39 is 0 Å². The first kappa shape index (κ1) is 7.43. The number of nitrogens with two attached hydrogens (primary N) is 2. The van der Waals surface area contributed by atoms with Crippen LogP contribution in [0.25, 0.3) is 0 Å². The van der Waals surface area contributed by atoms with Crippen LogP contribution in [0.1, 0.15) is 13.8 Å². The molecule has 0 spiro atoms. The van der Waals surface area contributed by atoms with Crippen molar-refractivity contribution in [3.05, 3.63) is 0 Å². The molecule has 0 aromatic heterocycles. The molecule has 1 atom stereocenters. The molecule has 8 heavy (non-hydrogen) atoms. The van der Waals surface area contributed by atoms with Gasteiger partial charge in [-0.2, -0.15) is 0 Å². The van der Waals surface area contributed by atoms with Crippen LogP contribution < -0.4 is 11.5 Å². The fraction of sp³-hybridized carbons (Fsp3) is 0.800. The predicted octanol–water partition coefficient (Wildman–Crippen LogP) is -0.289. The zero-order chi connectivity index (χ0) is 6.57. The zero-order valence-electron chi connectivity index (χ0n) is 5.39. The quantitative estimate of drug-likeness (QED) is 0.383. The van der Waals surface area contributed by atoms with Gasteiger partial charge in [0, 0.05) is 6.04 Å². The Labute approximate surface area is 49.8 Å². The van der Waals surface area contributed by atoms with Crippen LogP contribution in [-0.2, 0) is 0 Å². The van der Waals surface area contributed by atoms with E-state index in [0.29, 0.717) is 12.4 Å². The van der Waals surface area contributed by atoms with Crippen LogP contribution in [0.4, 0.5) is 0 Å². The van der Waals surface area contributed by atoms with Gasteiger partial charge in [-0.15, -0.1) is 0 Å². The van der Waals surface area contributed by atoms with Crippen molar-refractivity contribution < 1.29 is 0 Å². The average molecular weight is 115 g/mol. The van der Waals surface area contributed by atoms with Gasteiger partial charge in [0.15, 0.2) is 0 Å². The molecular weight excluding hydrogens is 102 g/mol. The fourth-order valence-corrected chi connectivity index (χ4v) is 0.288. The smallest absolute Gasteiger partial charge is 0.0906 e. The van der Waals surface area contributed by atoms with E-state index in [2.05, 4.69) is 4.99 Å². The van der Waals surface area contributed by atoms with Crippen molar-refractivity contribution in [2.24, 2.45) is 16.5 Å². The molecule has 0 radical (unpaired) electrons. The molecule has 0 aromatic rings. The van der Waals surface area contributed by atoms with Crippen molar-refractivity contribution in [2.45, 2.75) is 19.9 Å². The Balaban J connectivity index is 3.29. The van der Waals surface area contributed by atoms with Gasteiger partial charge in [0.05, 0.1) is 12.4 Å². The minimum Gasteiger partial charge on any atom is -0.388 e. The first-order valence-corrected chi connectivity index (χ1v) is 2.65. The Kier molecular flexibility index (Phi) is 3.19. The summed E-state index contributed by atoms with van der Waals surface area (Å²) in [6.45, 7) is 4.27. The zero-order valence-corrected chi connectivity index (χ0v) is 5.39. The maximum Gasteiger partial charge on any atom is 0.0906 e. The molecular formula is C5H13N3. The monoisotopic (exact) mass is 115 g/mol. The minimum atomic E-state index is 0.119. The van der Waals surface area contributed by atoms with Gasteiger partial charge >= 0.3 is 0 Å². The van der Waals surface area contributed by atoms with Gasteiger partial charge in [-0.3, -0.25) is 4.99 Å². The molecule has 4 N–H and O–H groups in total. The molecule has 3 heteroatoms. The van der Waals surface area contributed by atoms with E-state index in [4.69, 9.17) is 11.5 Å². The molecule has 0 rings (SSSR count). The summed E-state index contributed by atoms with van der Waals surface area (Å²) in [7, 11) is 0. The number of nitrogens with zero attached hydrogens (tertiary/aromatic N) is 1. The lowest BCUT2D eigenvalue weighted by Crippen LogP contribution is -2.20. The molecule has 0 aliphatic heterocycles. The Bertz CT molecular complexity index is 81.7. The standard InChI is InChI=1S/C5H13N3/c1-4(6)3-8-5(2)7/h4H,3,6H2,1-2H3,(H2,7,8). The van der Waals surface area contributed by atoms with Crippen molar-refractivity contribution in [3.63, 3.8) is 0 Å². The summed E-state index contributed by atoms with van der Waals surface area (Å²) in [4.78, 5) is 3.89. The van der Waals surface area contributed by atoms with Crippen LogP contribution in [-0.4, -0.2) is 18.4 Å². The molecule has 0 aliphatic carbocycles. The topological polar surface area (TPSA) is 64.4 Å². The maximum atomic E-state index is 5.38. The first-order chi connectivity index (χ1) is 3.63. The highest BCUT2D eigenvalue weighted by molar-refractivity contribution is 5.77. The van der Waals surface area contributed by atoms with Gasteiger partial charge in [-0.05, 0) is 13.8 Å². The van der Waals surface area contributed by atoms with Crippen molar-refractivity contribution in [3.8, 4) is 0 Å². The molecule has 48 valence electrons. The third-order valence-corrected chi connectivity index (χ3v) is 0.629. The molecule has 0 saturated heterocycles. The Morgan fingerprint density at radius 1 is 1.75 bits per heavy atom. The van der Waals surface area contributed by atoms with Gasteiger partial charge in [0.2, 0.25) is 0 Å². The van der Waals surface area contributed by atoms with Crippen molar-refractivity contribution >= 4 is 5.84 Å². The summed E-state index contributed by atoms with van der Waals surface area (Å²) >= 11 is 0. The van der Waals surface area contributed by atoms with Crippen LogP contribution >= 0.6 is 0 Å². The molecule has 0 fully saturated rings. The lowest BCUT2D eigenvalue weighted by molar-refractivity contribution is 0.752. The number of aliphatic imine (C=N–C) groups is 1. The molecule has 0 aromatic carbocycles. The summed E-state index contributed by atoms with van der Waals surface area (Å²) in [5.74, 6) is 0.599. The highest BCUT2D eigenvalue weighted by Gasteiger charge is 1.87. The molecule has 0 aliphatic rings. The predicted molar refractivity (Wildman–Crippen MR) is 35.8 cm³/mol.